The lowest BCUT2D eigenvalue weighted by atomic mass is 10.1. The molecular formula is C15H19N3O3. The summed E-state index contributed by atoms with van der Waals surface area (Å²) in [5.74, 6) is -0.147. The van der Waals surface area contributed by atoms with Gasteiger partial charge in [-0.1, -0.05) is 6.07 Å². The maximum Gasteiger partial charge on any atom is 0.255 e. The fourth-order valence-corrected chi connectivity index (χ4v) is 2.64. The Morgan fingerprint density at radius 1 is 1.52 bits per heavy atom. The van der Waals surface area contributed by atoms with E-state index in [0.717, 1.165) is 17.5 Å². The number of nitrogens with one attached hydrogen (secondary N) is 1. The summed E-state index contributed by atoms with van der Waals surface area (Å²) in [6.45, 7) is 3.13. The number of carbonyl (C=O) groups is 1. The molecule has 0 aliphatic carbocycles. The number of fused-ring (bicyclic) bond motifs is 1. The van der Waals surface area contributed by atoms with Gasteiger partial charge >= 0.3 is 0 Å². The van der Waals surface area contributed by atoms with Gasteiger partial charge in [-0.2, -0.15) is 5.10 Å². The largest absolute Gasteiger partial charge is 0.379 e. The number of hydrogen-bond donors (Lipinski definition) is 1. The first-order chi connectivity index (χ1) is 10.2. The molecule has 0 aromatic carbocycles. The van der Waals surface area contributed by atoms with Crippen molar-refractivity contribution in [3.8, 4) is 0 Å². The minimum absolute atomic E-state index is 0.00761. The third-order valence-corrected chi connectivity index (χ3v) is 3.82. The lowest BCUT2D eigenvalue weighted by Gasteiger charge is -2.30. The monoisotopic (exact) mass is 289 g/mol. The second kappa shape index (κ2) is 5.83. The minimum Gasteiger partial charge on any atom is -0.379 e. The van der Waals surface area contributed by atoms with Crippen LogP contribution in [-0.4, -0.2) is 48.0 Å². The van der Waals surface area contributed by atoms with Gasteiger partial charge < -0.3 is 14.8 Å². The van der Waals surface area contributed by atoms with Gasteiger partial charge in [0.05, 0.1) is 36.0 Å². The first-order valence-corrected chi connectivity index (χ1v) is 7.04. The van der Waals surface area contributed by atoms with E-state index in [4.69, 9.17) is 9.47 Å². The highest BCUT2D eigenvalue weighted by Crippen LogP contribution is 2.15. The number of hydrogen-bond acceptors (Lipinski definition) is 4. The average molecular weight is 289 g/mol. The molecule has 6 nitrogen and oxygen atoms in total. The molecule has 0 saturated carbocycles. The van der Waals surface area contributed by atoms with Crippen molar-refractivity contribution in [3.63, 3.8) is 0 Å². The molecule has 1 fully saturated rings. The molecule has 1 amide bonds. The van der Waals surface area contributed by atoms with Crippen molar-refractivity contribution < 1.29 is 14.3 Å². The van der Waals surface area contributed by atoms with Crippen molar-refractivity contribution in [1.82, 2.24) is 14.9 Å². The number of carbonyl (C=O) groups excluding carboxylic acids is 1. The second-order valence-electron chi connectivity index (χ2n) is 5.31. The van der Waals surface area contributed by atoms with Gasteiger partial charge in [-0.05, 0) is 25.0 Å². The Morgan fingerprint density at radius 3 is 3.19 bits per heavy atom. The van der Waals surface area contributed by atoms with E-state index in [1.54, 1.807) is 17.8 Å². The number of ether oxygens (including phenoxy) is 2. The summed E-state index contributed by atoms with van der Waals surface area (Å²) in [6, 6.07) is 3.74. The zero-order chi connectivity index (χ0) is 14.8. The highest BCUT2D eigenvalue weighted by Gasteiger charge is 2.28. The van der Waals surface area contributed by atoms with Crippen LogP contribution in [-0.2, 0) is 9.47 Å². The normalized spacial score (nSPS) is 22.4. The van der Waals surface area contributed by atoms with Gasteiger partial charge in [-0.25, -0.2) is 4.52 Å². The van der Waals surface area contributed by atoms with Crippen LogP contribution in [0.4, 0.5) is 0 Å². The van der Waals surface area contributed by atoms with Gasteiger partial charge in [-0.15, -0.1) is 0 Å². The minimum atomic E-state index is -0.147. The van der Waals surface area contributed by atoms with Gasteiger partial charge in [0.1, 0.15) is 0 Å². The zero-order valence-corrected chi connectivity index (χ0v) is 12.2. The fourth-order valence-electron chi connectivity index (χ4n) is 2.64. The lowest BCUT2D eigenvalue weighted by molar-refractivity contribution is -0.0349. The summed E-state index contributed by atoms with van der Waals surface area (Å²) in [4.78, 5) is 12.5. The smallest absolute Gasteiger partial charge is 0.255 e. The Kier molecular flexibility index (Phi) is 3.90. The molecule has 3 rings (SSSR count). The van der Waals surface area contributed by atoms with Gasteiger partial charge in [0.25, 0.3) is 5.91 Å². The van der Waals surface area contributed by atoms with E-state index < -0.39 is 0 Å². The van der Waals surface area contributed by atoms with Crippen LogP contribution in [0.2, 0.25) is 0 Å². The van der Waals surface area contributed by atoms with Crippen molar-refractivity contribution in [3.05, 3.63) is 35.7 Å². The van der Waals surface area contributed by atoms with Gasteiger partial charge in [0.15, 0.2) is 0 Å². The lowest BCUT2D eigenvalue weighted by Crippen LogP contribution is -2.50. The first kappa shape index (κ1) is 14.0. The Balaban J connectivity index is 1.80. The summed E-state index contributed by atoms with van der Waals surface area (Å²) in [5, 5.41) is 7.21. The molecule has 1 aliphatic rings. The standard InChI is InChI=1S/C15H19N3O3/c1-10-3-4-13-11(7-16-18(13)8-10)15(19)17-12-9-21-6-5-14(12)20-2/h3-4,7-8,12,14H,5-6,9H2,1-2H3,(H,17,19)/t12-,14-/m1/s1. The van der Waals surface area contributed by atoms with Crippen molar-refractivity contribution in [2.24, 2.45) is 0 Å². The van der Waals surface area contributed by atoms with Crippen LogP contribution in [0, 0.1) is 6.92 Å². The molecule has 112 valence electrons. The maximum absolute atomic E-state index is 12.5. The third kappa shape index (κ3) is 2.77. The Labute approximate surface area is 123 Å². The number of amides is 1. The van der Waals surface area contributed by atoms with Crippen molar-refractivity contribution in [2.75, 3.05) is 20.3 Å². The zero-order valence-electron chi connectivity index (χ0n) is 12.2. The van der Waals surface area contributed by atoms with Gasteiger partial charge in [0, 0.05) is 19.9 Å². The summed E-state index contributed by atoms with van der Waals surface area (Å²) in [6.07, 6.45) is 4.27. The molecule has 0 bridgehead atoms. The third-order valence-electron chi connectivity index (χ3n) is 3.82. The van der Waals surface area contributed by atoms with Gasteiger partial charge in [-0.3, -0.25) is 4.79 Å². The maximum atomic E-state index is 12.5. The number of methoxy groups -OCH3 is 1. The van der Waals surface area contributed by atoms with E-state index in [1.165, 1.54) is 0 Å². The van der Waals surface area contributed by atoms with Crippen LogP contribution in [0.3, 0.4) is 0 Å². The molecule has 2 aromatic heterocycles. The quantitative estimate of drug-likeness (QED) is 0.921. The highest BCUT2D eigenvalue weighted by atomic mass is 16.5. The molecule has 0 unspecified atom stereocenters. The number of rotatable bonds is 3. The summed E-state index contributed by atoms with van der Waals surface area (Å²) in [7, 11) is 1.66. The Morgan fingerprint density at radius 2 is 2.38 bits per heavy atom. The molecular weight excluding hydrogens is 270 g/mol. The van der Waals surface area contributed by atoms with E-state index >= 15 is 0 Å². The molecule has 1 saturated heterocycles. The molecule has 1 aliphatic heterocycles. The SMILES string of the molecule is CO[C@@H]1CCOC[C@H]1NC(=O)c1cnn2cc(C)ccc12. The van der Waals surface area contributed by atoms with Gasteiger partial charge in [0.2, 0.25) is 0 Å². The van der Waals surface area contributed by atoms with E-state index in [2.05, 4.69) is 10.4 Å². The van der Waals surface area contributed by atoms with Crippen LogP contribution in [0.25, 0.3) is 5.52 Å². The molecule has 0 radical (unpaired) electrons. The molecule has 2 aromatic rings. The number of aromatic nitrogens is 2. The summed E-state index contributed by atoms with van der Waals surface area (Å²) >= 11 is 0. The van der Waals surface area contributed by atoms with Crippen LogP contribution >= 0.6 is 0 Å². The topological polar surface area (TPSA) is 64.9 Å². The van der Waals surface area contributed by atoms with Crippen LogP contribution in [0.15, 0.2) is 24.5 Å². The highest BCUT2D eigenvalue weighted by molar-refractivity contribution is 6.00. The van der Waals surface area contributed by atoms with Crippen LogP contribution in [0.5, 0.6) is 0 Å². The van der Waals surface area contributed by atoms with Crippen molar-refractivity contribution >= 4 is 11.4 Å². The number of aryl methyl sites for hydroxylation is 1. The van der Waals surface area contributed by atoms with Crippen LogP contribution in [0.1, 0.15) is 22.3 Å². The molecule has 0 spiro atoms. The van der Waals surface area contributed by atoms with E-state index in [1.807, 2.05) is 25.3 Å². The fraction of sp³-hybridized carbons (Fsp3) is 0.467. The Bertz CT molecular complexity index is 653. The molecule has 21 heavy (non-hydrogen) atoms. The van der Waals surface area contributed by atoms with Crippen molar-refractivity contribution in [1.29, 1.82) is 0 Å². The van der Waals surface area contributed by atoms with Crippen molar-refractivity contribution in [2.45, 2.75) is 25.5 Å². The summed E-state index contributed by atoms with van der Waals surface area (Å²) < 4.78 is 12.5. The first-order valence-electron chi connectivity index (χ1n) is 7.04. The number of nitrogens with zero attached hydrogens (tertiary/aromatic N) is 2. The predicted octanol–water partition coefficient (Wildman–Crippen LogP) is 1.18. The predicted molar refractivity (Wildman–Crippen MR) is 77.4 cm³/mol. The molecule has 6 heteroatoms. The summed E-state index contributed by atoms with van der Waals surface area (Å²) in [5.41, 5.74) is 2.46. The molecule has 1 N–H and O–H groups in total. The second-order valence-corrected chi connectivity index (χ2v) is 5.31. The molecule has 3 heterocycles. The van der Waals surface area contributed by atoms with E-state index in [0.29, 0.717) is 18.8 Å². The molecule has 2 atom stereocenters. The average Bonchev–Trinajstić information content (AvgIpc) is 2.90. The number of pyridine rings is 1. The van der Waals surface area contributed by atoms with E-state index in [9.17, 15) is 4.79 Å². The van der Waals surface area contributed by atoms with Crippen LogP contribution < -0.4 is 5.32 Å². The van der Waals surface area contributed by atoms with E-state index in [-0.39, 0.29) is 18.1 Å². The Hall–Kier alpha value is -1.92.